The van der Waals surface area contributed by atoms with Crippen LogP contribution in [-0.4, -0.2) is 90.3 Å². The Morgan fingerprint density at radius 3 is 2.07 bits per heavy atom. The highest BCUT2D eigenvalue weighted by Crippen LogP contribution is 2.26. The Kier molecular flexibility index (Phi) is 16.6. The first kappa shape index (κ1) is 34.7. The molecule has 2 aromatic rings. The summed E-state index contributed by atoms with van der Waals surface area (Å²) in [6, 6.07) is 15.3. The van der Waals surface area contributed by atoms with Gasteiger partial charge in [-0.2, -0.15) is 0 Å². The molecule has 1 aliphatic rings. The predicted molar refractivity (Wildman–Crippen MR) is 165 cm³/mol. The van der Waals surface area contributed by atoms with Crippen molar-refractivity contribution >= 4 is 23.5 Å². The van der Waals surface area contributed by atoms with Gasteiger partial charge < -0.3 is 39.6 Å². The highest BCUT2D eigenvalue weighted by molar-refractivity contribution is 5.96. The molecule has 1 heterocycles. The lowest BCUT2D eigenvalue weighted by atomic mass is 10.0. The van der Waals surface area contributed by atoms with Crippen LogP contribution in [0, 0.1) is 11.8 Å². The number of anilines is 1. The summed E-state index contributed by atoms with van der Waals surface area (Å²) in [5.41, 5.74) is 8.68. The first-order valence-corrected chi connectivity index (χ1v) is 15.0. The largest absolute Gasteiger partial charge is 0.466 e. The number of nitrogens with two attached hydrogens (primary N) is 1. The fraction of sp³-hybridized carbons (Fsp3) is 0.485. The van der Waals surface area contributed by atoms with Gasteiger partial charge in [0.05, 0.1) is 78.1 Å². The van der Waals surface area contributed by atoms with Gasteiger partial charge in [-0.3, -0.25) is 14.4 Å². The van der Waals surface area contributed by atoms with Gasteiger partial charge in [-0.25, -0.2) is 0 Å². The van der Waals surface area contributed by atoms with Gasteiger partial charge in [-0.15, -0.1) is 0 Å². The fourth-order valence-corrected chi connectivity index (χ4v) is 4.21. The number of amides is 2. The molecule has 0 spiro atoms. The van der Waals surface area contributed by atoms with Crippen molar-refractivity contribution in [2.75, 3.05) is 77.5 Å². The van der Waals surface area contributed by atoms with Crippen LogP contribution in [0.25, 0.3) is 0 Å². The molecule has 0 aromatic heterocycles. The summed E-state index contributed by atoms with van der Waals surface area (Å²) >= 11 is 0. The lowest BCUT2D eigenvalue weighted by molar-refractivity contribution is -0.145. The van der Waals surface area contributed by atoms with E-state index in [9.17, 15) is 14.4 Å². The highest BCUT2D eigenvalue weighted by Gasteiger charge is 2.21. The Morgan fingerprint density at radius 2 is 1.34 bits per heavy atom. The van der Waals surface area contributed by atoms with Crippen LogP contribution >= 0.6 is 0 Å². The number of para-hydroxylation sites is 1. The van der Waals surface area contributed by atoms with Crippen LogP contribution < -0.4 is 16.0 Å². The van der Waals surface area contributed by atoms with Gasteiger partial charge in [-0.1, -0.05) is 42.2 Å². The van der Waals surface area contributed by atoms with E-state index in [-0.39, 0.29) is 50.3 Å². The molecule has 238 valence electrons. The van der Waals surface area contributed by atoms with E-state index in [0.717, 1.165) is 22.4 Å². The van der Waals surface area contributed by atoms with Gasteiger partial charge in [0.2, 0.25) is 11.8 Å². The molecular formula is C33H43N3O8. The second kappa shape index (κ2) is 21.0. The van der Waals surface area contributed by atoms with Gasteiger partial charge in [0, 0.05) is 37.1 Å². The number of carbonyl (C=O) groups is 3. The second-order valence-electron chi connectivity index (χ2n) is 9.82. The quantitative estimate of drug-likeness (QED) is 0.124. The van der Waals surface area contributed by atoms with E-state index in [4.69, 9.17) is 29.4 Å². The van der Waals surface area contributed by atoms with Crippen LogP contribution in [0.2, 0.25) is 0 Å². The van der Waals surface area contributed by atoms with Crippen molar-refractivity contribution in [3.63, 3.8) is 0 Å². The summed E-state index contributed by atoms with van der Waals surface area (Å²) in [5.74, 6) is 5.62. The van der Waals surface area contributed by atoms with Crippen LogP contribution in [0.5, 0.6) is 0 Å². The zero-order chi connectivity index (χ0) is 31.2. The van der Waals surface area contributed by atoms with Crippen molar-refractivity contribution in [3.8, 4) is 11.8 Å². The third kappa shape index (κ3) is 13.2. The molecule has 2 aromatic carbocycles. The standard InChI is InChI=1S/C33H43N3O8/c34-15-19-41-21-23-43-25-24-42-22-20-40-18-14-33(39)44-17-5-16-35-31(37)12-13-32(38)36-26-29-8-2-1-6-27(29)10-11-28-7-3-4-9-30(28)36/h1-4,6-9H,5,12-26,34H2,(H,35,37). The third-order valence-electron chi connectivity index (χ3n) is 6.47. The molecule has 2 amide bonds. The van der Waals surface area contributed by atoms with Crippen LogP contribution in [0.3, 0.4) is 0 Å². The number of hydrogen-bond donors (Lipinski definition) is 2. The molecule has 44 heavy (non-hydrogen) atoms. The van der Waals surface area contributed by atoms with Gasteiger partial charge in [-0.05, 0) is 30.2 Å². The minimum atomic E-state index is -0.368. The molecule has 11 nitrogen and oxygen atoms in total. The first-order chi connectivity index (χ1) is 21.6. The summed E-state index contributed by atoms with van der Waals surface area (Å²) < 4.78 is 26.5. The summed E-state index contributed by atoms with van der Waals surface area (Å²) in [6.07, 6.45) is 0.726. The Labute approximate surface area is 259 Å². The van der Waals surface area contributed by atoms with Crippen LogP contribution in [-0.2, 0) is 44.6 Å². The maximum atomic E-state index is 13.2. The minimum Gasteiger partial charge on any atom is -0.466 e. The average Bonchev–Trinajstić information content (AvgIpc) is 3.03. The van der Waals surface area contributed by atoms with E-state index in [0.29, 0.717) is 72.3 Å². The second-order valence-corrected chi connectivity index (χ2v) is 9.82. The summed E-state index contributed by atoms with van der Waals surface area (Å²) in [5, 5.41) is 2.79. The molecule has 1 aliphatic heterocycles. The normalized spacial score (nSPS) is 11.8. The fourth-order valence-electron chi connectivity index (χ4n) is 4.21. The molecule has 0 aliphatic carbocycles. The SMILES string of the molecule is NCCOCCOCCOCCOCCC(=O)OCCCNC(=O)CCC(=O)N1Cc2ccccc2C#Cc2ccccc21. The number of hydrogen-bond acceptors (Lipinski definition) is 9. The van der Waals surface area contributed by atoms with Crippen LogP contribution in [0.15, 0.2) is 48.5 Å². The van der Waals surface area contributed by atoms with E-state index < -0.39 is 0 Å². The van der Waals surface area contributed by atoms with E-state index >= 15 is 0 Å². The van der Waals surface area contributed by atoms with Crippen molar-refractivity contribution in [2.45, 2.75) is 32.2 Å². The average molecular weight is 610 g/mol. The first-order valence-electron chi connectivity index (χ1n) is 15.0. The summed E-state index contributed by atoms with van der Waals surface area (Å²) in [7, 11) is 0. The Bertz CT molecular complexity index is 1240. The molecule has 0 saturated heterocycles. The Morgan fingerprint density at radius 1 is 0.727 bits per heavy atom. The lowest BCUT2D eigenvalue weighted by Crippen LogP contribution is -2.33. The smallest absolute Gasteiger partial charge is 0.308 e. The molecule has 0 bridgehead atoms. The van der Waals surface area contributed by atoms with Gasteiger partial charge in [0.15, 0.2) is 0 Å². The zero-order valence-electron chi connectivity index (χ0n) is 25.2. The number of carbonyl (C=O) groups excluding carboxylic acids is 3. The maximum absolute atomic E-state index is 13.2. The molecule has 0 fully saturated rings. The van der Waals surface area contributed by atoms with E-state index in [2.05, 4.69) is 17.2 Å². The van der Waals surface area contributed by atoms with E-state index in [1.807, 2.05) is 48.5 Å². The Hall–Kier alpha value is -3.79. The molecule has 3 rings (SSSR count). The van der Waals surface area contributed by atoms with Gasteiger partial charge in [0.25, 0.3) is 0 Å². The molecule has 0 atom stereocenters. The van der Waals surface area contributed by atoms with Crippen molar-refractivity contribution in [1.29, 1.82) is 0 Å². The number of esters is 1. The van der Waals surface area contributed by atoms with Crippen LogP contribution in [0.1, 0.15) is 42.4 Å². The molecule has 11 heteroatoms. The van der Waals surface area contributed by atoms with Gasteiger partial charge in [0.1, 0.15) is 0 Å². The number of rotatable bonds is 21. The number of ether oxygens (including phenoxy) is 5. The minimum absolute atomic E-state index is 0.0584. The van der Waals surface area contributed by atoms with E-state index in [1.165, 1.54) is 0 Å². The number of benzene rings is 2. The monoisotopic (exact) mass is 609 g/mol. The van der Waals surface area contributed by atoms with Crippen molar-refractivity contribution in [1.82, 2.24) is 5.32 Å². The van der Waals surface area contributed by atoms with Gasteiger partial charge >= 0.3 is 5.97 Å². The molecule has 3 N–H and O–H groups in total. The van der Waals surface area contributed by atoms with Crippen molar-refractivity contribution in [2.24, 2.45) is 5.73 Å². The molecule has 0 saturated carbocycles. The van der Waals surface area contributed by atoms with Crippen molar-refractivity contribution in [3.05, 3.63) is 65.2 Å². The number of fused-ring (bicyclic) bond motifs is 2. The highest BCUT2D eigenvalue weighted by atomic mass is 16.6. The Balaban J connectivity index is 1.21. The van der Waals surface area contributed by atoms with E-state index in [1.54, 1.807) is 4.90 Å². The van der Waals surface area contributed by atoms with Crippen molar-refractivity contribution < 1.29 is 38.1 Å². The molecule has 0 unspecified atom stereocenters. The van der Waals surface area contributed by atoms with Crippen LogP contribution in [0.4, 0.5) is 5.69 Å². The number of nitrogens with one attached hydrogen (secondary N) is 1. The predicted octanol–water partition coefficient (Wildman–Crippen LogP) is 2.18. The third-order valence-corrected chi connectivity index (χ3v) is 6.47. The summed E-state index contributed by atoms with van der Waals surface area (Å²) in [4.78, 5) is 39.2. The zero-order valence-corrected chi connectivity index (χ0v) is 25.2. The number of nitrogens with zero attached hydrogens (tertiary/aromatic N) is 1. The topological polar surface area (TPSA) is 139 Å². The molecule has 0 radical (unpaired) electrons. The lowest BCUT2D eigenvalue weighted by Gasteiger charge is -2.26. The molecular weight excluding hydrogens is 566 g/mol. The maximum Gasteiger partial charge on any atom is 0.308 e. The summed E-state index contributed by atoms with van der Waals surface area (Å²) in [6.45, 7) is 4.87.